The van der Waals surface area contributed by atoms with Gasteiger partial charge in [-0.25, -0.2) is 18.2 Å². The van der Waals surface area contributed by atoms with Crippen LogP contribution in [-0.4, -0.2) is 54.8 Å². The summed E-state index contributed by atoms with van der Waals surface area (Å²) in [6.07, 6.45) is -4.36. The van der Waals surface area contributed by atoms with Crippen molar-refractivity contribution in [1.82, 2.24) is 4.98 Å². The van der Waals surface area contributed by atoms with E-state index in [1.807, 2.05) is 0 Å². The minimum Gasteiger partial charge on any atom is -0.494 e. The zero-order valence-electron chi connectivity index (χ0n) is 20.0. The van der Waals surface area contributed by atoms with E-state index >= 15 is 0 Å². The average molecular weight is 540 g/mol. The van der Waals surface area contributed by atoms with Crippen LogP contribution in [0, 0.1) is 5.82 Å². The third-order valence-corrected chi connectivity index (χ3v) is 5.93. The topological polar surface area (TPSA) is 98.1 Å². The van der Waals surface area contributed by atoms with Gasteiger partial charge in [0.1, 0.15) is 23.9 Å². The molecule has 1 atom stereocenters. The molecule has 1 aromatic heterocycles. The number of aromatic nitrogens is 1. The van der Waals surface area contributed by atoms with Crippen molar-refractivity contribution in [3.63, 3.8) is 0 Å². The van der Waals surface area contributed by atoms with Crippen LogP contribution < -0.4 is 14.2 Å². The first-order valence-electron chi connectivity index (χ1n) is 11.1. The Hall–Kier alpha value is -3.34. The molecule has 1 heterocycles. The van der Waals surface area contributed by atoms with E-state index in [1.165, 1.54) is 56.7 Å². The van der Waals surface area contributed by atoms with Crippen LogP contribution in [-0.2, 0) is 5.60 Å². The predicted octanol–water partition coefficient (Wildman–Crippen LogP) is 5.05. The van der Waals surface area contributed by atoms with Gasteiger partial charge in [-0.3, -0.25) is 4.79 Å². The second kappa shape index (κ2) is 12.3. The molecule has 3 rings (SSSR count). The molecule has 0 saturated carbocycles. The molecule has 0 amide bonds. The Labute approximate surface area is 216 Å². The van der Waals surface area contributed by atoms with E-state index in [4.69, 9.17) is 30.9 Å². The fourth-order valence-electron chi connectivity index (χ4n) is 3.62. The van der Waals surface area contributed by atoms with Gasteiger partial charge in [0, 0.05) is 17.5 Å². The van der Waals surface area contributed by atoms with Gasteiger partial charge in [0.25, 0.3) is 6.43 Å². The van der Waals surface area contributed by atoms with Gasteiger partial charge >= 0.3 is 0 Å². The van der Waals surface area contributed by atoms with Crippen molar-refractivity contribution in [2.75, 3.05) is 27.4 Å². The average Bonchev–Trinajstić information content (AvgIpc) is 2.91. The monoisotopic (exact) mass is 539 g/mol. The lowest BCUT2D eigenvalue weighted by molar-refractivity contribution is -0.109. The number of ether oxygens (including phenoxy) is 3. The van der Waals surface area contributed by atoms with Gasteiger partial charge in [0.2, 0.25) is 0 Å². The number of Topliss-reactive ketones (excluding diaryl/α,β-unsaturated/α-hetero) is 1. The standard InChI is InChI=1S/C26H25ClF3NO6/c1-35-21-7-8-23(31-24(21)16-3-5-18(28)17(27)13-16)26(34,25(29)30)10-9-19(33)15-4-6-20(37-12-11-32)22(14-15)36-2/h3-8,13-14,25,32,34H,9-12H2,1-2H3. The number of pyridine rings is 1. The largest absolute Gasteiger partial charge is 0.494 e. The van der Waals surface area contributed by atoms with Crippen molar-refractivity contribution in [2.24, 2.45) is 0 Å². The second-order valence-electron chi connectivity index (χ2n) is 7.96. The minimum atomic E-state index is -3.28. The lowest BCUT2D eigenvalue weighted by atomic mass is 9.90. The Kier molecular flexibility index (Phi) is 9.36. The first-order valence-corrected chi connectivity index (χ1v) is 11.5. The van der Waals surface area contributed by atoms with E-state index in [-0.39, 0.29) is 46.6 Å². The number of rotatable bonds is 12. The summed E-state index contributed by atoms with van der Waals surface area (Å²) in [7, 11) is 2.71. The quantitative estimate of drug-likeness (QED) is 0.311. The van der Waals surface area contributed by atoms with Crippen molar-refractivity contribution in [1.29, 1.82) is 0 Å². The first-order chi connectivity index (χ1) is 17.6. The maximum atomic E-state index is 14.2. The van der Waals surface area contributed by atoms with Crippen molar-refractivity contribution in [3.05, 3.63) is 70.6 Å². The van der Waals surface area contributed by atoms with Crippen LogP contribution in [0.15, 0.2) is 48.5 Å². The Balaban J connectivity index is 1.89. The van der Waals surface area contributed by atoms with E-state index in [9.17, 15) is 23.1 Å². The van der Waals surface area contributed by atoms with Crippen LogP contribution in [0.4, 0.5) is 13.2 Å². The molecule has 7 nitrogen and oxygen atoms in total. The molecule has 37 heavy (non-hydrogen) atoms. The summed E-state index contributed by atoms with van der Waals surface area (Å²) in [6.45, 7) is -0.197. The highest BCUT2D eigenvalue weighted by Gasteiger charge is 2.42. The SMILES string of the molecule is COc1cc(C(=O)CCC(O)(c2ccc(OC)c(-c3ccc(F)c(Cl)c3)n2)C(F)F)ccc1OCCO. The van der Waals surface area contributed by atoms with Crippen LogP contribution in [0.25, 0.3) is 11.3 Å². The highest BCUT2D eigenvalue weighted by atomic mass is 35.5. The van der Waals surface area contributed by atoms with E-state index in [2.05, 4.69) is 4.98 Å². The number of carbonyl (C=O) groups is 1. The second-order valence-corrected chi connectivity index (χ2v) is 8.37. The van der Waals surface area contributed by atoms with Gasteiger partial charge in [-0.1, -0.05) is 11.6 Å². The number of aliphatic hydroxyl groups is 2. The summed E-state index contributed by atoms with van der Waals surface area (Å²) < 4.78 is 57.8. The van der Waals surface area contributed by atoms with E-state index < -0.39 is 42.2 Å². The smallest absolute Gasteiger partial charge is 0.272 e. The Morgan fingerprint density at radius 2 is 1.76 bits per heavy atom. The van der Waals surface area contributed by atoms with Crippen LogP contribution >= 0.6 is 11.6 Å². The number of hydrogen-bond donors (Lipinski definition) is 2. The summed E-state index contributed by atoms with van der Waals surface area (Å²) in [5.74, 6) is -0.483. The lowest BCUT2D eigenvalue weighted by Gasteiger charge is -2.27. The summed E-state index contributed by atoms with van der Waals surface area (Å²) in [5, 5.41) is 19.7. The molecule has 0 aliphatic rings. The molecule has 3 aromatic rings. The molecule has 0 fully saturated rings. The highest BCUT2D eigenvalue weighted by molar-refractivity contribution is 6.31. The summed E-state index contributed by atoms with van der Waals surface area (Å²) in [4.78, 5) is 17.0. The van der Waals surface area contributed by atoms with Crippen molar-refractivity contribution in [2.45, 2.75) is 24.9 Å². The maximum absolute atomic E-state index is 14.2. The molecule has 2 N–H and O–H groups in total. The zero-order valence-corrected chi connectivity index (χ0v) is 20.8. The Morgan fingerprint density at radius 3 is 2.38 bits per heavy atom. The number of hydrogen-bond acceptors (Lipinski definition) is 7. The summed E-state index contributed by atoms with van der Waals surface area (Å²) >= 11 is 5.86. The molecule has 1 unspecified atom stereocenters. The number of benzene rings is 2. The zero-order chi connectivity index (χ0) is 27.2. The number of alkyl halides is 2. The molecule has 11 heteroatoms. The third kappa shape index (κ3) is 6.33. The number of ketones is 1. The van der Waals surface area contributed by atoms with Crippen molar-refractivity contribution < 1.29 is 42.4 Å². The molecule has 0 spiro atoms. The van der Waals surface area contributed by atoms with Gasteiger partial charge in [-0.05, 0) is 55.0 Å². The highest BCUT2D eigenvalue weighted by Crippen LogP contribution is 2.38. The predicted molar refractivity (Wildman–Crippen MR) is 130 cm³/mol. The molecule has 0 radical (unpaired) electrons. The van der Waals surface area contributed by atoms with Gasteiger partial charge in [0.15, 0.2) is 22.9 Å². The first kappa shape index (κ1) is 28.2. The third-order valence-electron chi connectivity index (χ3n) is 5.64. The van der Waals surface area contributed by atoms with Gasteiger partial charge in [0.05, 0.1) is 31.5 Å². The molecule has 0 bridgehead atoms. The minimum absolute atomic E-state index is 0.0199. The Morgan fingerprint density at radius 1 is 1.05 bits per heavy atom. The van der Waals surface area contributed by atoms with Crippen LogP contribution in [0.1, 0.15) is 28.9 Å². The fourth-order valence-corrected chi connectivity index (χ4v) is 3.80. The molecule has 198 valence electrons. The van der Waals surface area contributed by atoms with Crippen LogP contribution in [0.2, 0.25) is 5.02 Å². The molecular formula is C26H25ClF3NO6. The Bertz CT molecular complexity index is 1260. The lowest BCUT2D eigenvalue weighted by Crippen LogP contribution is -2.36. The van der Waals surface area contributed by atoms with Gasteiger partial charge in [-0.15, -0.1) is 0 Å². The molecular weight excluding hydrogens is 515 g/mol. The van der Waals surface area contributed by atoms with Crippen LogP contribution in [0.5, 0.6) is 17.2 Å². The van der Waals surface area contributed by atoms with Crippen molar-refractivity contribution in [3.8, 4) is 28.5 Å². The molecule has 0 aliphatic heterocycles. The number of nitrogens with zero attached hydrogens (tertiary/aromatic N) is 1. The fraction of sp³-hybridized carbons (Fsp3) is 0.308. The molecule has 0 aliphatic carbocycles. The summed E-state index contributed by atoms with van der Waals surface area (Å²) in [5.41, 5.74) is -2.65. The number of halogens is 4. The molecule has 0 saturated heterocycles. The van der Waals surface area contributed by atoms with Gasteiger partial charge in [-0.2, -0.15) is 0 Å². The molecule has 2 aromatic carbocycles. The maximum Gasteiger partial charge on any atom is 0.272 e. The van der Waals surface area contributed by atoms with Crippen LogP contribution in [0.3, 0.4) is 0 Å². The number of methoxy groups -OCH3 is 2. The van der Waals surface area contributed by atoms with Crippen molar-refractivity contribution >= 4 is 17.4 Å². The van der Waals surface area contributed by atoms with Gasteiger partial charge < -0.3 is 24.4 Å². The summed E-state index contributed by atoms with van der Waals surface area (Å²) in [6, 6.07) is 10.5. The van der Waals surface area contributed by atoms with E-state index in [1.54, 1.807) is 0 Å². The van der Waals surface area contributed by atoms with E-state index in [0.717, 1.165) is 6.07 Å². The number of carbonyl (C=O) groups excluding carboxylic acids is 1. The normalized spacial score (nSPS) is 12.8. The number of aliphatic hydroxyl groups excluding tert-OH is 1. The van der Waals surface area contributed by atoms with E-state index in [0.29, 0.717) is 5.75 Å².